The molecule has 3 heterocycles. The third-order valence-electron chi connectivity index (χ3n) is 4.51. The van der Waals surface area contributed by atoms with E-state index in [0.717, 1.165) is 43.5 Å². The molecule has 0 saturated carbocycles. The fourth-order valence-electron chi connectivity index (χ4n) is 3.29. The molecular formula is C17H27N5S. The summed E-state index contributed by atoms with van der Waals surface area (Å²) in [4.78, 5) is 12.9. The molecule has 2 aromatic rings. The second kappa shape index (κ2) is 7.45. The first-order valence-corrected chi connectivity index (χ1v) is 9.47. The number of nitrogens with one attached hydrogen (secondary N) is 1. The van der Waals surface area contributed by atoms with E-state index in [9.17, 15) is 0 Å². The van der Waals surface area contributed by atoms with Crippen LogP contribution in [-0.4, -0.2) is 34.2 Å². The molecule has 1 aliphatic rings. The molecule has 0 amide bonds. The van der Waals surface area contributed by atoms with Crippen LogP contribution in [-0.2, 0) is 13.1 Å². The first-order chi connectivity index (χ1) is 11.2. The van der Waals surface area contributed by atoms with Crippen LogP contribution in [0.3, 0.4) is 0 Å². The molecule has 126 valence electrons. The van der Waals surface area contributed by atoms with Gasteiger partial charge in [0, 0.05) is 55.9 Å². The molecule has 23 heavy (non-hydrogen) atoms. The lowest BCUT2D eigenvalue weighted by Crippen LogP contribution is -2.26. The Morgan fingerprint density at radius 1 is 1.39 bits per heavy atom. The Balaban J connectivity index is 1.54. The van der Waals surface area contributed by atoms with Crippen molar-refractivity contribution in [2.24, 2.45) is 0 Å². The number of aryl methyl sites for hydroxylation is 2. The number of anilines is 1. The van der Waals surface area contributed by atoms with Crippen molar-refractivity contribution in [2.45, 2.75) is 52.6 Å². The van der Waals surface area contributed by atoms with E-state index in [-0.39, 0.29) is 0 Å². The van der Waals surface area contributed by atoms with Crippen LogP contribution >= 0.6 is 11.3 Å². The minimum absolute atomic E-state index is 0.535. The number of hydrogen-bond donors (Lipinski definition) is 1. The van der Waals surface area contributed by atoms with Crippen molar-refractivity contribution in [2.75, 3.05) is 24.5 Å². The predicted molar refractivity (Wildman–Crippen MR) is 96.3 cm³/mol. The second-order valence-corrected chi connectivity index (χ2v) is 7.28. The Hall–Kier alpha value is -1.40. The van der Waals surface area contributed by atoms with Crippen LogP contribution in [0.25, 0.3) is 0 Å². The van der Waals surface area contributed by atoms with Crippen LogP contribution in [0.2, 0.25) is 0 Å². The molecule has 0 saturated heterocycles. The predicted octanol–water partition coefficient (Wildman–Crippen LogP) is 3.16. The minimum Gasteiger partial charge on any atom is -0.349 e. The van der Waals surface area contributed by atoms with Crippen molar-refractivity contribution in [3.63, 3.8) is 0 Å². The lowest BCUT2D eigenvalue weighted by Gasteiger charge is -2.23. The van der Waals surface area contributed by atoms with Crippen LogP contribution in [0, 0.1) is 6.92 Å². The Bertz CT molecular complexity index is 629. The van der Waals surface area contributed by atoms with E-state index in [1.54, 1.807) is 11.3 Å². The van der Waals surface area contributed by atoms with Crippen LogP contribution in [0.5, 0.6) is 0 Å². The van der Waals surface area contributed by atoms with E-state index in [1.807, 2.05) is 6.20 Å². The third kappa shape index (κ3) is 3.75. The summed E-state index contributed by atoms with van der Waals surface area (Å²) in [6.07, 6.45) is 6.68. The van der Waals surface area contributed by atoms with E-state index >= 15 is 0 Å². The zero-order valence-electron chi connectivity index (χ0n) is 14.4. The Morgan fingerprint density at radius 2 is 2.22 bits per heavy atom. The summed E-state index contributed by atoms with van der Waals surface area (Å²) < 4.78 is 2.33. The maximum Gasteiger partial charge on any atom is 0.185 e. The third-order valence-corrected chi connectivity index (χ3v) is 5.57. The first-order valence-electron chi connectivity index (χ1n) is 8.65. The second-order valence-electron chi connectivity index (χ2n) is 6.19. The van der Waals surface area contributed by atoms with Crippen LogP contribution < -0.4 is 10.2 Å². The van der Waals surface area contributed by atoms with E-state index in [2.05, 4.69) is 46.7 Å². The Morgan fingerprint density at radius 3 is 3.00 bits per heavy atom. The number of hydrogen-bond acceptors (Lipinski definition) is 5. The van der Waals surface area contributed by atoms with Crippen molar-refractivity contribution in [3.8, 4) is 0 Å². The number of imidazole rings is 1. The molecule has 5 nitrogen and oxygen atoms in total. The standard InChI is InChI=1S/C17H27N5S/c1-4-21(5-2)17-19-11-15(23-17)10-18-9-14-7-6-8-22-12-13(3)20-16(14)22/h11-12,14,18H,4-10H2,1-3H3/t14-/m0/s1. The minimum atomic E-state index is 0.535. The van der Waals surface area contributed by atoms with Crippen LogP contribution in [0.15, 0.2) is 12.4 Å². The van der Waals surface area contributed by atoms with Gasteiger partial charge in [0.05, 0.1) is 5.69 Å². The van der Waals surface area contributed by atoms with E-state index in [1.165, 1.54) is 23.5 Å². The molecule has 2 aromatic heterocycles. The molecule has 0 bridgehead atoms. The van der Waals surface area contributed by atoms with Crippen LogP contribution in [0.1, 0.15) is 49.0 Å². The van der Waals surface area contributed by atoms with Gasteiger partial charge in [-0.1, -0.05) is 0 Å². The SMILES string of the molecule is CCN(CC)c1ncc(CNC[C@@H]2CCCn3cc(C)nc32)s1. The fraction of sp³-hybridized carbons (Fsp3) is 0.647. The van der Waals surface area contributed by atoms with Gasteiger partial charge in [0.25, 0.3) is 0 Å². The van der Waals surface area contributed by atoms with Gasteiger partial charge in [-0.05, 0) is 33.6 Å². The number of thiazole rings is 1. The van der Waals surface area contributed by atoms with Crippen molar-refractivity contribution >= 4 is 16.5 Å². The zero-order chi connectivity index (χ0) is 16.2. The van der Waals surface area contributed by atoms with E-state index in [0.29, 0.717) is 5.92 Å². The summed E-state index contributed by atoms with van der Waals surface area (Å²) in [5.74, 6) is 1.79. The van der Waals surface area contributed by atoms with Gasteiger partial charge < -0.3 is 14.8 Å². The zero-order valence-corrected chi connectivity index (χ0v) is 15.2. The summed E-state index contributed by atoms with van der Waals surface area (Å²) >= 11 is 1.80. The van der Waals surface area contributed by atoms with Gasteiger partial charge >= 0.3 is 0 Å². The highest BCUT2D eigenvalue weighted by molar-refractivity contribution is 7.15. The normalized spacial score (nSPS) is 17.3. The quantitative estimate of drug-likeness (QED) is 0.845. The van der Waals surface area contributed by atoms with E-state index < -0.39 is 0 Å². The van der Waals surface area contributed by atoms with Gasteiger partial charge in [-0.3, -0.25) is 0 Å². The average Bonchev–Trinajstić information content (AvgIpc) is 3.15. The van der Waals surface area contributed by atoms with E-state index in [4.69, 9.17) is 4.98 Å². The molecule has 1 atom stereocenters. The van der Waals surface area contributed by atoms with Gasteiger partial charge in [-0.25, -0.2) is 9.97 Å². The number of rotatable bonds is 7. The molecule has 1 aliphatic heterocycles. The fourth-order valence-corrected chi connectivity index (χ4v) is 4.30. The van der Waals surface area contributed by atoms with Gasteiger partial charge in [0.2, 0.25) is 0 Å². The number of nitrogens with zero attached hydrogens (tertiary/aromatic N) is 4. The largest absolute Gasteiger partial charge is 0.349 e. The summed E-state index contributed by atoms with van der Waals surface area (Å²) in [7, 11) is 0. The smallest absolute Gasteiger partial charge is 0.185 e. The summed E-state index contributed by atoms with van der Waals surface area (Å²) in [6, 6.07) is 0. The summed E-state index contributed by atoms with van der Waals surface area (Å²) in [6.45, 7) is 11.5. The Labute approximate surface area is 142 Å². The Kier molecular flexibility index (Phi) is 5.33. The van der Waals surface area contributed by atoms with Gasteiger partial charge in [0.15, 0.2) is 5.13 Å². The monoisotopic (exact) mass is 333 g/mol. The molecule has 1 N–H and O–H groups in total. The molecule has 6 heteroatoms. The molecule has 0 fully saturated rings. The van der Waals surface area contributed by atoms with Crippen LogP contribution in [0.4, 0.5) is 5.13 Å². The maximum absolute atomic E-state index is 4.71. The number of fused-ring (bicyclic) bond motifs is 1. The van der Waals surface area contributed by atoms with Crippen molar-refractivity contribution in [3.05, 3.63) is 28.8 Å². The maximum atomic E-state index is 4.71. The number of aromatic nitrogens is 3. The first kappa shape index (κ1) is 16.5. The highest BCUT2D eigenvalue weighted by atomic mass is 32.1. The van der Waals surface area contributed by atoms with Gasteiger partial charge in [-0.15, -0.1) is 11.3 Å². The lowest BCUT2D eigenvalue weighted by atomic mass is 9.99. The summed E-state index contributed by atoms with van der Waals surface area (Å²) in [5.41, 5.74) is 1.14. The van der Waals surface area contributed by atoms with Crippen molar-refractivity contribution < 1.29 is 0 Å². The average molecular weight is 334 g/mol. The lowest BCUT2D eigenvalue weighted by molar-refractivity contribution is 0.423. The molecule has 3 rings (SSSR count). The van der Waals surface area contributed by atoms with Gasteiger partial charge in [-0.2, -0.15) is 0 Å². The van der Waals surface area contributed by atoms with Crippen molar-refractivity contribution in [1.29, 1.82) is 0 Å². The van der Waals surface area contributed by atoms with Crippen molar-refractivity contribution in [1.82, 2.24) is 19.9 Å². The molecule has 0 radical (unpaired) electrons. The molecule has 0 aromatic carbocycles. The molecule has 0 spiro atoms. The summed E-state index contributed by atoms with van der Waals surface area (Å²) in [5, 5.41) is 4.74. The topological polar surface area (TPSA) is 46.0 Å². The highest BCUT2D eigenvalue weighted by Gasteiger charge is 2.22. The van der Waals surface area contributed by atoms with Gasteiger partial charge in [0.1, 0.15) is 5.82 Å². The highest BCUT2D eigenvalue weighted by Crippen LogP contribution is 2.26. The molecular weight excluding hydrogens is 306 g/mol. The molecule has 0 unspecified atom stereocenters. The molecule has 0 aliphatic carbocycles.